The van der Waals surface area contributed by atoms with Crippen LogP contribution in [0.1, 0.15) is 40.2 Å². The minimum absolute atomic E-state index is 0.132. The lowest BCUT2D eigenvalue weighted by Crippen LogP contribution is -2.06. The Labute approximate surface area is 126 Å². The third kappa shape index (κ3) is 2.40. The second-order valence-corrected chi connectivity index (χ2v) is 5.42. The molecule has 1 aliphatic carbocycles. The molecular formula is C17H13FN2O2. The molecule has 0 spiro atoms. The maximum atomic E-state index is 13.9. The molecule has 0 heterocycles. The molecule has 0 aromatic heterocycles. The molecule has 0 unspecified atom stereocenters. The zero-order valence-corrected chi connectivity index (χ0v) is 11.6. The topological polar surface area (TPSA) is 87.1 Å². The van der Waals surface area contributed by atoms with E-state index in [4.69, 9.17) is 10.8 Å². The second-order valence-electron chi connectivity index (χ2n) is 5.42. The van der Waals surface area contributed by atoms with Crippen molar-refractivity contribution in [2.24, 2.45) is 0 Å². The fourth-order valence-electron chi connectivity index (χ4n) is 2.60. The van der Waals surface area contributed by atoms with Crippen molar-refractivity contribution in [3.63, 3.8) is 0 Å². The predicted molar refractivity (Wildman–Crippen MR) is 79.9 cm³/mol. The zero-order chi connectivity index (χ0) is 15.9. The summed E-state index contributed by atoms with van der Waals surface area (Å²) in [5.41, 5.74) is 7.66. The van der Waals surface area contributed by atoms with Crippen molar-refractivity contribution < 1.29 is 14.3 Å². The van der Waals surface area contributed by atoms with Gasteiger partial charge in [-0.05, 0) is 53.6 Å². The average Bonchev–Trinajstić information content (AvgIpc) is 3.29. The standard InChI is InChI=1S/C17H13FN2O2/c18-14-6-11(7-15(20)16(14)17(21)22)10-3-4-13(9-1-2-9)12(5-10)8-19/h3-7,9H,1-2,20H2,(H,21,22). The summed E-state index contributed by atoms with van der Waals surface area (Å²) >= 11 is 0. The lowest BCUT2D eigenvalue weighted by molar-refractivity contribution is 0.0693. The number of rotatable bonds is 3. The van der Waals surface area contributed by atoms with Crippen LogP contribution >= 0.6 is 0 Å². The normalized spacial score (nSPS) is 13.6. The van der Waals surface area contributed by atoms with Gasteiger partial charge >= 0.3 is 5.97 Å². The first kappa shape index (κ1) is 14.1. The molecule has 2 aromatic carbocycles. The molecule has 1 aliphatic rings. The summed E-state index contributed by atoms with van der Waals surface area (Å²) in [6.45, 7) is 0. The van der Waals surface area contributed by atoms with Crippen LogP contribution in [0.15, 0.2) is 30.3 Å². The van der Waals surface area contributed by atoms with E-state index in [-0.39, 0.29) is 5.69 Å². The highest BCUT2D eigenvalue weighted by molar-refractivity contribution is 5.95. The Bertz CT molecular complexity index is 797. The Morgan fingerprint density at radius 2 is 2.00 bits per heavy atom. The number of nitriles is 1. The van der Waals surface area contributed by atoms with Gasteiger partial charge < -0.3 is 10.8 Å². The highest BCUT2D eigenvalue weighted by Crippen LogP contribution is 2.42. The van der Waals surface area contributed by atoms with Crippen molar-refractivity contribution in [1.82, 2.24) is 0 Å². The minimum Gasteiger partial charge on any atom is -0.478 e. The first-order valence-electron chi connectivity index (χ1n) is 6.88. The van der Waals surface area contributed by atoms with Crippen molar-refractivity contribution in [1.29, 1.82) is 5.26 Å². The molecule has 1 saturated carbocycles. The van der Waals surface area contributed by atoms with Crippen LogP contribution in [0.5, 0.6) is 0 Å². The summed E-state index contributed by atoms with van der Waals surface area (Å²) in [5, 5.41) is 18.2. The van der Waals surface area contributed by atoms with E-state index in [9.17, 15) is 14.4 Å². The van der Waals surface area contributed by atoms with Crippen LogP contribution in [0.25, 0.3) is 11.1 Å². The van der Waals surface area contributed by atoms with Crippen molar-refractivity contribution in [3.05, 3.63) is 52.8 Å². The van der Waals surface area contributed by atoms with Gasteiger partial charge in [-0.2, -0.15) is 5.26 Å². The lowest BCUT2D eigenvalue weighted by Gasteiger charge is -2.09. The molecule has 4 nitrogen and oxygen atoms in total. The number of aromatic carboxylic acids is 1. The SMILES string of the molecule is N#Cc1cc(-c2cc(N)c(C(=O)O)c(F)c2)ccc1C1CC1. The van der Waals surface area contributed by atoms with Crippen molar-refractivity contribution in [2.45, 2.75) is 18.8 Å². The smallest absolute Gasteiger partial charge is 0.340 e. The van der Waals surface area contributed by atoms with Gasteiger partial charge in [0.2, 0.25) is 0 Å². The molecule has 0 amide bonds. The Kier molecular flexibility index (Phi) is 3.30. The quantitative estimate of drug-likeness (QED) is 0.848. The largest absolute Gasteiger partial charge is 0.478 e. The number of anilines is 1. The van der Waals surface area contributed by atoms with E-state index in [2.05, 4.69) is 6.07 Å². The molecule has 110 valence electrons. The molecule has 0 radical (unpaired) electrons. The van der Waals surface area contributed by atoms with Crippen LogP contribution in [-0.2, 0) is 0 Å². The number of benzene rings is 2. The summed E-state index contributed by atoms with van der Waals surface area (Å²) in [6, 6.07) is 10.1. The van der Waals surface area contributed by atoms with Gasteiger partial charge in [-0.25, -0.2) is 9.18 Å². The monoisotopic (exact) mass is 296 g/mol. The van der Waals surface area contributed by atoms with Gasteiger partial charge in [-0.3, -0.25) is 0 Å². The Morgan fingerprint density at radius 1 is 1.27 bits per heavy atom. The number of hydrogen-bond donors (Lipinski definition) is 2. The van der Waals surface area contributed by atoms with Crippen molar-refractivity contribution in [2.75, 3.05) is 5.73 Å². The zero-order valence-electron chi connectivity index (χ0n) is 11.6. The Balaban J connectivity index is 2.08. The van der Waals surface area contributed by atoms with E-state index in [1.807, 2.05) is 12.1 Å². The minimum atomic E-state index is -1.40. The highest BCUT2D eigenvalue weighted by Gasteiger charge is 2.26. The van der Waals surface area contributed by atoms with Gasteiger partial charge in [0.15, 0.2) is 0 Å². The van der Waals surface area contributed by atoms with Crippen LogP contribution in [0.4, 0.5) is 10.1 Å². The fourth-order valence-corrected chi connectivity index (χ4v) is 2.60. The van der Waals surface area contributed by atoms with Crippen molar-refractivity contribution >= 4 is 11.7 Å². The number of carboxylic acids is 1. The predicted octanol–water partition coefficient (Wildman–Crippen LogP) is 3.52. The van der Waals surface area contributed by atoms with E-state index in [0.717, 1.165) is 24.5 Å². The summed E-state index contributed by atoms with van der Waals surface area (Å²) in [5.74, 6) is -1.84. The molecule has 0 atom stereocenters. The lowest BCUT2D eigenvalue weighted by atomic mass is 9.96. The number of carboxylic acid groups (broad SMARTS) is 1. The first-order valence-corrected chi connectivity index (χ1v) is 6.88. The second kappa shape index (κ2) is 5.15. The maximum Gasteiger partial charge on any atom is 0.340 e. The van der Waals surface area contributed by atoms with Crippen LogP contribution in [0.2, 0.25) is 0 Å². The van der Waals surface area contributed by atoms with E-state index >= 15 is 0 Å². The van der Waals surface area contributed by atoms with Gasteiger partial charge in [-0.15, -0.1) is 0 Å². The number of halogens is 1. The third-order valence-corrected chi connectivity index (χ3v) is 3.86. The summed E-state index contributed by atoms with van der Waals surface area (Å²) in [7, 11) is 0. The summed E-state index contributed by atoms with van der Waals surface area (Å²) < 4.78 is 13.9. The summed E-state index contributed by atoms with van der Waals surface area (Å²) in [4.78, 5) is 11.0. The Morgan fingerprint density at radius 3 is 2.55 bits per heavy atom. The van der Waals surface area contributed by atoms with Gasteiger partial charge in [0, 0.05) is 5.69 Å². The van der Waals surface area contributed by atoms with Crippen LogP contribution < -0.4 is 5.73 Å². The number of nitrogen functional groups attached to an aromatic ring is 1. The first-order chi connectivity index (χ1) is 10.5. The molecular weight excluding hydrogens is 283 g/mol. The Hall–Kier alpha value is -2.87. The van der Waals surface area contributed by atoms with E-state index in [1.54, 1.807) is 6.07 Å². The average molecular weight is 296 g/mol. The highest BCUT2D eigenvalue weighted by atomic mass is 19.1. The van der Waals surface area contributed by atoms with Gasteiger partial charge in [0.1, 0.15) is 11.4 Å². The van der Waals surface area contributed by atoms with E-state index < -0.39 is 17.3 Å². The molecule has 3 rings (SSSR count). The maximum absolute atomic E-state index is 13.9. The van der Waals surface area contributed by atoms with Gasteiger partial charge in [0.25, 0.3) is 0 Å². The number of nitrogens with zero attached hydrogens (tertiary/aromatic N) is 1. The molecule has 0 aliphatic heterocycles. The third-order valence-electron chi connectivity index (χ3n) is 3.86. The molecule has 1 fully saturated rings. The fraction of sp³-hybridized carbons (Fsp3) is 0.176. The number of carbonyl (C=O) groups is 1. The molecule has 0 saturated heterocycles. The molecule has 3 N–H and O–H groups in total. The number of hydrogen-bond acceptors (Lipinski definition) is 3. The summed E-state index contributed by atoms with van der Waals surface area (Å²) in [6.07, 6.45) is 2.17. The van der Waals surface area contributed by atoms with Crippen molar-refractivity contribution in [3.8, 4) is 17.2 Å². The van der Waals surface area contributed by atoms with E-state index in [1.165, 1.54) is 6.07 Å². The molecule has 22 heavy (non-hydrogen) atoms. The van der Waals surface area contributed by atoms with E-state index in [0.29, 0.717) is 22.6 Å². The molecule has 5 heteroatoms. The van der Waals surface area contributed by atoms with Crippen LogP contribution in [-0.4, -0.2) is 11.1 Å². The van der Waals surface area contributed by atoms with Crippen LogP contribution in [0.3, 0.4) is 0 Å². The van der Waals surface area contributed by atoms with Gasteiger partial charge in [-0.1, -0.05) is 12.1 Å². The molecule has 0 bridgehead atoms. The van der Waals surface area contributed by atoms with Gasteiger partial charge in [0.05, 0.1) is 11.6 Å². The number of nitrogens with two attached hydrogens (primary N) is 1. The van der Waals surface area contributed by atoms with Crippen LogP contribution in [0, 0.1) is 17.1 Å². The molecule has 2 aromatic rings.